The van der Waals surface area contributed by atoms with Crippen LogP contribution in [0.2, 0.25) is 0 Å². The molecule has 2 rings (SSSR count). The molecule has 0 radical (unpaired) electrons. The molecule has 0 bridgehead atoms. The van der Waals surface area contributed by atoms with Crippen molar-refractivity contribution in [2.24, 2.45) is 11.7 Å². The van der Waals surface area contributed by atoms with Gasteiger partial charge in [-0.1, -0.05) is 19.1 Å². The zero-order chi connectivity index (χ0) is 14.8. The first kappa shape index (κ1) is 15.3. The number of hydrogen-bond acceptors (Lipinski definition) is 4. The Kier molecular flexibility index (Phi) is 4.72. The van der Waals surface area contributed by atoms with Crippen molar-refractivity contribution < 1.29 is 8.42 Å². The summed E-state index contributed by atoms with van der Waals surface area (Å²) in [4.78, 5) is 4.37. The van der Waals surface area contributed by atoms with Crippen molar-refractivity contribution in [1.29, 1.82) is 0 Å². The predicted octanol–water partition coefficient (Wildman–Crippen LogP) is 1.53. The van der Waals surface area contributed by atoms with Gasteiger partial charge in [0.15, 0.2) is 0 Å². The lowest BCUT2D eigenvalue weighted by molar-refractivity contribution is 0.395. The van der Waals surface area contributed by atoms with Crippen LogP contribution >= 0.6 is 12.2 Å². The average Bonchev–Trinajstić information content (AvgIpc) is 3.22. The highest BCUT2D eigenvalue weighted by Gasteiger charge is 2.31. The Bertz CT molecular complexity index is 580. The minimum Gasteiger partial charge on any atom is -0.388 e. The van der Waals surface area contributed by atoms with Gasteiger partial charge in [0.25, 0.3) is 0 Å². The molecule has 0 atom stereocenters. The van der Waals surface area contributed by atoms with Crippen LogP contribution in [0.3, 0.4) is 0 Å². The fraction of sp³-hybridized carbons (Fsp3) is 0.538. The molecule has 1 aromatic rings. The van der Waals surface area contributed by atoms with Gasteiger partial charge in [0, 0.05) is 19.3 Å². The van der Waals surface area contributed by atoms with Crippen molar-refractivity contribution in [3.8, 4) is 0 Å². The predicted molar refractivity (Wildman–Crippen MR) is 81.9 cm³/mol. The van der Waals surface area contributed by atoms with Crippen LogP contribution in [-0.2, 0) is 10.0 Å². The Labute approximate surface area is 125 Å². The molecule has 1 saturated carbocycles. The van der Waals surface area contributed by atoms with Gasteiger partial charge in [-0.3, -0.25) is 4.98 Å². The molecule has 0 amide bonds. The average molecular weight is 313 g/mol. The summed E-state index contributed by atoms with van der Waals surface area (Å²) >= 11 is 4.81. The number of hydrogen-bond donors (Lipinski definition) is 1. The number of rotatable bonds is 7. The maximum absolute atomic E-state index is 12.6. The number of sulfonamides is 1. The number of thiocarbonyl (C=S) groups is 1. The highest BCUT2D eigenvalue weighted by atomic mass is 32.2. The van der Waals surface area contributed by atoms with Gasteiger partial charge in [-0.05, 0) is 37.3 Å². The summed E-state index contributed by atoms with van der Waals surface area (Å²) in [6.07, 6.45) is 4.37. The monoisotopic (exact) mass is 313 g/mol. The van der Waals surface area contributed by atoms with Crippen LogP contribution < -0.4 is 5.73 Å². The van der Waals surface area contributed by atoms with E-state index in [-0.39, 0.29) is 9.88 Å². The van der Waals surface area contributed by atoms with E-state index in [1.807, 2.05) is 6.92 Å². The summed E-state index contributed by atoms with van der Waals surface area (Å²) in [6, 6.07) is 3.07. The van der Waals surface area contributed by atoms with Gasteiger partial charge in [0.1, 0.15) is 9.88 Å². The van der Waals surface area contributed by atoms with Crippen molar-refractivity contribution in [2.45, 2.75) is 31.1 Å². The molecular formula is C13H19N3O2S2. The van der Waals surface area contributed by atoms with E-state index in [9.17, 15) is 8.42 Å². The molecule has 5 nitrogen and oxygen atoms in total. The SMILES string of the molecule is CCCN(CC1CC1)S(=O)(=O)c1ccc(C(N)=S)nc1. The summed E-state index contributed by atoms with van der Waals surface area (Å²) in [5.41, 5.74) is 5.90. The van der Waals surface area contributed by atoms with Crippen LogP contribution in [0.5, 0.6) is 0 Å². The molecule has 1 aliphatic carbocycles. The standard InChI is InChI=1S/C13H19N3O2S2/c1-2-7-16(9-10-3-4-10)20(17,18)11-5-6-12(13(14)19)15-8-11/h5-6,8,10H,2-4,7,9H2,1H3,(H2,14,19). The van der Waals surface area contributed by atoms with Crippen LogP contribution in [0.15, 0.2) is 23.2 Å². The summed E-state index contributed by atoms with van der Waals surface area (Å²) in [6.45, 7) is 3.12. The molecule has 110 valence electrons. The molecule has 1 fully saturated rings. The number of pyridine rings is 1. The number of aromatic nitrogens is 1. The Morgan fingerprint density at radius 1 is 1.50 bits per heavy atom. The highest BCUT2D eigenvalue weighted by molar-refractivity contribution is 7.89. The third kappa shape index (κ3) is 3.53. The summed E-state index contributed by atoms with van der Waals surface area (Å²) in [5.74, 6) is 0.514. The second-order valence-electron chi connectivity index (χ2n) is 5.05. The molecule has 7 heteroatoms. The van der Waals surface area contributed by atoms with Crippen molar-refractivity contribution in [2.75, 3.05) is 13.1 Å². The molecule has 0 saturated heterocycles. The number of nitrogens with two attached hydrogens (primary N) is 1. The Hall–Kier alpha value is -1.05. The Morgan fingerprint density at radius 2 is 2.20 bits per heavy atom. The summed E-state index contributed by atoms with van der Waals surface area (Å²) in [7, 11) is -3.47. The van der Waals surface area contributed by atoms with Crippen LogP contribution in [0.4, 0.5) is 0 Å². The second-order valence-corrected chi connectivity index (χ2v) is 7.43. The molecule has 1 aliphatic rings. The van der Waals surface area contributed by atoms with Gasteiger partial charge in [0.05, 0.1) is 5.69 Å². The third-order valence-electron chi connectivity index (χ3n) is 3.26. The zero-order valence-corrected chi connectivity index (χ0v) is 13.1. The van der Waals surface area contributed by atoms with Gasteiger partial charge in [-0.2, -0.15) is 4.31 Å². The van der Waals surface area contributed by atoms with Crippen LogP contribution in [0.25, 0.3) is 0 Å². The van der Waals surface area contributed by atoms with E-state index >= 15 is 0 Å². The molecular weight excluding hydrogens is 294 g/mol. The van der Waals surface area contributed by atoms with Gasteiger partial charge in [-0.15, -0.1) is 0 Å². The molecule has 1 heterocycles. The van der Waals surface area contributed by atoms with Crippen LogP contribution in [0, 0.1) is 5.92 Å². The fourth-order valence-electron chi connectivity index (χ4n) is 1.98. The van der Waals surface area contributed by atoms with Crippen LogP contribution in [0.1, 0.15) is 31.9 Å². The maximum atomic E-state index is 12.6. The van der Waals surface area contributed by atoms with E-state index in [1.54, 1.807) is 10.4 Å². The minimum absolute atomic E-state index is 0.164. The van der Waals surface area contributed by atoms with E-state index in [1.165, 1.54) is 12.3 Å². The highest BCUT2D eigenvalue weighted by Crippen LogP contribution is 2.31. The Balaban J connectivity index is 2.23. The first-order valence-corrected chi connectivity index (χ1v) is 8.56. The lowest BCUT2D eigenvalue weighted by Gasteiger charge is -2.21. The molecule has 2 N–H and O–H groups in total. The molecule has 0 spiro atoms. The van der Waals surface area contributed by atoms with E-state index < -0.39 is 10.0 Å². The van der Waals surface area contributed by atoms with Crippen LogP contribution in [-0.4, -0.2) is 35.8 Å². The lowest BCUT2D eigenvalue weighted by atomic mass is 10.3. The van der Waals surface area contributed by atoms with Crippen molar-refractivity contribution >= 4 is 27.2 Å². The first-order chi connectivity index (χ1) is 9.45. The topological polar surface area (TPSA) is 76.3 Å². The zero-order valence-electron chi connectivity index (χ0n) is 11.4. The van der Waals surface area contributed by atoms with E-state index in [0.717, 1.165) is 19.3 Å². The number of nitrogens with zero attached hydrogens (tertiary/aromatic N) is 2. The second kappa shape index (κ2) is 6.15. The van der Waals surface area contributed by atoms with Gasteiger partial charge in [0.2, 0.25) is 10.0 Å². The van der Waals surface area contributed by atoms with Crippen molar-refractivity contribution in [3.63, 3.8) is 0 Å². The summed E-state index contributed by atoms with van der Waals surface area (Å²) < 4.78 is 26.7. The van der Waals surface area contributed by atoms with E-state index in [0.29, 0.717) is 24.7 Å². The lowest BCUT2D eigenvalue weighted by Crippen LogP contribution is -2.33. The smallest absolute Gasteiger partial charge is 0.244 e. The molecule has 0 unspecified atom stereocenters. The normalized spacial score (nSPS) is 15.5. The maximum Gasteiger partial charge on any atom is 0.244 e. The van der Waals surface area contributed by atoms with Crippen molar-refractivity contribution in [3.05, 3.63) is 24.0 Å². The molecule has 0 aromatic carbocycles. The van der Waals surface area contributed by atoms with E-state index in [4.69, 9.17) is 18.0 Å². The van der Waals surface area contributed by atoms with Gasteiger partial charge >= 0.3 is 0 Å². The summed E-state index contributed by atoms with van der Waals surface area (Å²) in [5, 5.41) is 0. The quantitative estimate of drug-likeness (QED) is 0.773. The van der Waals surface area contributed by atoms with E-state index in [2.05, 4.69) is 4.98 Å². The Morgan fingerprint density at radius 3 is 2.65 bits per heavy atom. The van der Waals surface area contributed by atoms with Gasteiger partial charge < -0.3 is 5.73 Å². The largest absolute Gasteiger partial charge is 0.388 e. The van der Waals surface area contributed by atoms with Crippen molar-refractivity contribution in [1.82, 2.24) is 9.29 Å². The molecule has 1 aromatic heterocycles. The third-order valence-corrected chi connectivity index (χ3v) is 5.32. The van der Waals surface area contributed by atoms with Gasteiger partial charge in [-0.25, -0.2) is 8.42 Å². The first-order valence-electron chi connectivity index (χ1n) is 6.71. The molecule has 0 aliphatic heterocycles. The molecule has 20 heavy (non-hydrogen) atoms. The minimum atomic E-state index is -3.47. The fourth-order valence-corrected chi connectivity index (χ4v) is 3.65.